The summed E-state index contributed by atoms with van der Waals surface area (Å²) < 4.78 is 15.1. The minimum atomic E-state index is -0.206. The molecular formula is C17H24FN3. The molecule has 21 heavy (non-hydrogen) atoms. The number of aryl methyl sites for hydroxylation is 1. The first kappa shape index (κ1) is 15.7. The van der Waals surface area contributed by atoms with Gasteiger partial charge in [-0.1, -0.05) is 13.3 Å². The molecule has 3 nitrogen and oxygen atoms in total. The number of unbranched alkanes of at least 4 members (excludes halogenated alkanes) is 1. The van der Waals surface area contributed by atoms with E-state index in [1.807, 2.05) is 23.0 Å². The van der Waals surface area contributed by atoms with Crippen molar-refractivity contribution in [2.75, 3.05) is 13.6 Å². The van der Waals surface area contributed by atoms with Gasteiger partial charge < -0.3 is 4.90 Å². The highest BCUT2D eigenvalue weighted by molar-refractivity contribution is 5.63. The lowest BCUT2D eigenvalue weighted by Gasteiger charge is -2.17. The van der Waals surface area contributed by atoms with Crippen molar-refractivity contribution in [2.45, 2.75) is 39.8 Å². The van der Waals surface area contributed by atoms with Crippen LogP contribution in [0.4, 0.5) is 4.39 Å². The van der Waals surface area contributed by atoms with Crippen molar-refractivity contribution in [3.05, 3.63) is 41.8 Å². The number of hydrogen-bond donors (Lipinski definition) is 0. The van der Waals surface area contributed by atoms with Crippen molar-refractivity contribution in [1.29, 1.82) is 0 Å². The van der Waals surface area contributed by atoms with Crippen molar-refractivity contribution < 1.29 is 4.39 Å². The summed E-state index contributed by atoms with van der Waals surface area (Å²) in [6.45, 7) is 7.03. The van der Waals surface area contributed by atoms with Gasteiger partial charge in [-0.2, -0.15) is 5.10 Å². The van der Waals surface area contributed by atoms with Crippen molar-refractivity contribution >= 4 is 0 Å². The fourth-order valence-electron chi connectivity index (χ4n) is 2.52. The molecule has 0 saturated carbocycles. The van der Waals surface area contributed by atoms with Gasteiger partial charge in [0.1, 0.15) is 5.82 Å². The average molecular weight is 289 g/mol. The van der Waals surface area contributed by atoms with Crippen LogP contribution in [0.3, 0.4) is 0 Å². The van der Waals surface area contributed by atoms with E-state index in [-0.39, 0.29) is 5.82 Å². The molecule has 0 radical (unpaired) electrons. The van der Waals surface area contributed by atoms with Crippen LogP contribution in [-0.2, 0) is 13.1 Å². The standard InChI is InChI=1S/C17H24FN3/c1-4-6-11-20(3)13-15-12-19-21(5-2)17(15)14-7-9-16(18)10-8-14/h7-10,12H,4-6,11,13H2,1-3H3. The van der Waals surface area contributed by atoms with Crippen molar-refractivity contribution in [1.82, 2.24) is 14.7 Å². The van der Waals surface area contributed by atoms with Crippen LogP contribution in [0.1, 0.15) is 32.3 Å². The number of nitrogens with zero attached hydrogens (tertiary/aromatic N) is 3. The van der Waals surface area contributed by atoms with Crippen LogP contribution >= 0.6 is 0 Å². The Bertz CT molecular complexity index is 560. The van der Waals surface area contributed by atoms with Gasteiger partial charge >= 0.3 is 0 Å². The molecular weight excluding hydrogens is 265 g/mol. The second kappa shape index (κ2) is 7.36. The van der Waals surface area contributed by atoms with Gasteiger partial charge in [-0.15, -0.1) is 0 Å². The van der Waals surface area contributed by atoms with Gasteiger partial charge in [0.25, 0.3) is 0 Å². The normalized spacial score (nSPS) is 11.3. The quantitative estimate of drug-likeness (QED) is 0.770. The van der Waals surface area contributed by atoms with E-state index in [1.54, 1.807) is 0 Å². The molecule has 2 rings (SSSR count). The summed E-state index contributed by atoms with van der Waals surface area (Å²) in [5.74, 6) is -0.206. The molecule has 0 spiro atoms. The van der Waals surface area contributed by atoms with Crippen LogP contribution in [0, 0.1) is 5.82 Å². The van der Waals surface area contributed by atoms with Crippen LogP contribution in [0.15, 0.2) is 30.5 Å². The topological polar surface area (TPSA) is 21.1 Å². The summed E-state index contributed by atoms with van der Waals surface area (Å²) in [5.41, 5.74) is 3.32. The van der Waals surface area contributed by atoms with Crippen molar-refractivity contribution in [2.24, 2.45) is 0 Å². The fourth-order valence-corrected chi connectivity index (χ4v) is 2.52. The predicted octanol–water partition coefficient (Wildman–Crippen LogP) is 3.94. The fraction of sp³-hybridized carbons (Fsp3) is 0.471. The molecule has 0 amide bonds. The molecule has 4 heteroatoms. The first-order valence-electron chi connectivity index (χ1n) is 7.64. The third kappa shape index (κ3) is 3.91. The Hall–Kier alpha value is -1.68. The molecule has 0 N–H and O–H groups in total. The molecule has 0 aliphatic rings. The monoisotopic (exact) mass is 289 g/mol. The summed E-state index contributed by atoms with van der Waals surface area (Å²) in [4.78, 5) is 2.31. The van der Waals surface area contributed by atoms with Gasteiger partial charge in [-0.3, -0.25) is 4.68 Å². The largest absolute Gasteiger partial charge is 0.302 e. The molecule has 0 saturated heterocycles. The highest BCUT2D eigenvalue weighted by Crippen LogP contribution is 2.25. The number of rotatable bonds is 7. The zero-order chi connectivity index (χ0) is 15.2. The molecule has 2 aromatic rings. The molecule has 1 aromatic carbocycles. The molecule has 1 aromatic heterocycles. The summed E-state index contributed by atoms with van der Waals surface area (Å²) in [6.07, 6.45) is 4.33. The highest BCUT2D eigenvalue weighted by Gasteiger charge is 2.13. The van der Waals surface area contributed by atoms with E-state index in [2.05, 4.69) is 30.9 Å². The van der Waals surface area contributed by atoms with E-state index < -0.39 is 0 Å². The summed E-state index contributed by atoms with van der Waals surface area (Å²) in [6, 6.07) is 6.67. The smallest absolute Gasteiger partial charge is 0.123 e. The van der Waals surface area contributed by atoms with E-state index >= 15 is 0 Å². The first-order chi connectivity index (χ1) is 10.2. The van der Waals surface area contributed by atoms with Crippen LogP contribution < -0.4 is 0 Å². The number of hydrogen-bond acceptors (Lipinski definition) is 2. The lowest BCUT2D eigenvalue weighted by molar-refractivity contribution is 0.321. The summed E-state index contributed by atoms with van der Waals surface area (Å²) in [5, 5.41) is 4.46. The summed E-state index contributed by atoms with van der Waals surface area (Å²) >= 11 is 0. The Morgan fingerprint density at radius 1 is 1.19 bits per heavy atom. The van der Waals surface area contributed by atoms with Gasteiger partial charge in [-0.05, 0) is 51.2 Å². The lowest BCUT2D eigenvalue weighted by atomic mass is 10.1. The van der Waals surface area contributed by atoms with E-state index in [0.717, 1.165) is 30.9 Å². The molecule has 0 aliphatic heterocycles. The van der Waals surface area contributed by atoms with Gasteiger partial charge in [0, 0.05) is 24.2 Å². The van der Waals surface area contributed by atoms with E-state index in [0.29, 0.717) is 0 Å². The Kier molecular flexibility index (Phi) is 5.51. The molecule has 0 fully saturated rings. The second-order valence-corrected chi connectivity index (χ2v) is 5.43. The Labute approximate surface area is 126 Å². The number of halogens is 1. The zero-order valence-corrected chi connectivity index (χ0v) is 13.1. The van der Waals surface area contributed by atoms with Gasteiger partial charge in [0.05, 0.1) is 11.9 Å². The molecule has 114 valence electrons. The third-order valence-corrected chi connectivity index (χ3v) is 3.67. The molecule has 0 atom stereocenters. The lowest BCUT2D eigenvalue weighted by Crippen LogP contribution is -2.19. The SMILES string of the molecule is CCCCN(C)Cc1cnn(CC)c1-c1ccc(F)cc1. The first-order valence-corrected chi connectivity index (χ1v) is 7.64. The predicted molar refractivity (Wildman–Crippen MR) is 84.5 cm³/mol. The maximum atomic E-state index is 13.1. The van der Waals surface area contributed by atoms with Crippen LogP contribution in [0.25, 0.3) is 11.3 Å². The van der Waals surface area contributed by atoms with Crippen LogP contribution in [-0.4, -0.2) is 28.3 Å². The van der Waals surface area contributed by atoms with Crippen molar-refractivity contribution in [3.8, 4) is 11.3 Å². The second-order valence-electron chi connectivity index (χ2n) is 5.43. The Morgan fingerprint density at radius 2 is 1.90 bits per heavy atom. The maximum absolute atomic E-state index is 13.1. The summed E-state index contributed by atoms with van der Waals surface area (Å²) in [7, 11) is 2.13. The Morgan fingerprint density at radius 3 is 2.52 bits per heavy atom. The minimum absolute atomic E-state index is 0.206. The van der Waals surface area contributed by atoms with Crippen LogP contribution in [0.2, 0.25) is 0 Å². The van der Waals surface area contributed by atoms with E-state index in [4.69, 9.17) is 0 Å². The number of aromatic nitrogens is 2. The number of benzene rings is 1. The van der Waals surface area contributed by atoms with Gasteiger partial charge in [0.2, 0.25) is 0 Å². The molecule has 1 heterocycles. The maximum Gasteiger partial charge on any atom is 0.123 e. The van der Waals surface area contributed by atoms with Crippen LogP contribution in [0.5, 0.6) is 0 Å². The molecule has 0 aliphatic carbocycles. The highest BCUT2D eigenvalue weighted by atomic mass is 19.1. The van der Waals surface area contributed by atoms with Gasteiger partial charge in [0.15, 0.2) is 0 Å². The average Bonchev–Trinajstić information content (AvgIpc) is 2.88. The molecule has 0 unspecified atom stereocenters. The minimum Gasteiger partial charge on any atom is -0.302 e. The van der Waals surface area contributed by atoms with E-state index in [9.17, 15) is 4.39 Å². The van der Waals surface area contributed by atoms with Gasteiger partial charge in [-0.25, -0.2) is 4.39 Å². The Balaban J connectivity index is 2.26. The zero-order valence-electron chi connectivity index (χ0n) is 13.1. The molecule has 0 bridgehead atoms. The van der Waals surface area contributed by atoms with Crippen molar-refractivity contribution in [3.63, 3.8) is 0 Å². The van der Waals surface area contributed by atoms with E-state index in [1.165, 1.54) is 30.5 Å². The third-order valence-electron chi connectivity index (χ3n) is 3.67.